The number of ether oxygens (including phenoxy) is 1. The summed E-state index contributed by atoms with van der Waals surface area (Å²) in [5.74, 6) is 0. The Morgan fingerprint density at radius 3 is 2.80 bits per heavy atom. The minimum absolute atomic E-state index is 0. The van der Waals surface area contributed by atoms with E-state index in [1.54, 1.807) is 0 Å². The van der Waals surface area contributed by atoms with Gasteiger partial charge in [0.15, 0.2) is 5.06 Å². The van der Waals surface area contributed by atoms with Crippen LogP contribution >= 0.6 is 24.0 Å². The molecule has 1 rings (SSSR count). The number of hydrogen-bond acceptors (Lipinski definition) is 2. The molecule has 0 amide bonds. The van der Waals surface area contributed by atoms with Gasteiger partial charge in [-0.05, 0) is 12.8 Å². The van der Waals surface area contributed by atoms with Crippen LogP contribution in [0.2, 0.25) is 0 Å². The van der Waals surface area contributed by atoms with E-state index in [0.29, 0.717) is 13.0 Å². The lowest BCUT2D eigenvalue weighted by molar-refractivity contribution is 0.0789. The van der Waals surface area contributed by atoms with Gasteiger partial charge in [0, 0.05) is 6.61 Å². The molecule has 4 heteroatoms. The quantitative estimate of drug-likeness (QED) is 0.581. The maximum atomic E-state index is 8.28. The van der Waals surface area contributed by atoms with Crippen molar-refractivity contribution in [1.29, 1.82) is 5.26 Å². The first-order valence-electron chi connectivity index (χ1n) is 2.97. The van der Waals surface area contributed by atoms with E-state index in [9.17, 15) is 0 Å². The molecule has 1 aliphatic heterocycles. The van der Waals surface area contributed by atoms with Gasteiger partial charge in [-0.15, -0.1) is 12.4 Å². The van der Waals surface area contributed by atoms with Gasteiger partial charge in [-0.2, -0.15) is 5.26 Å². The van der Waals surface area contributed by atoms with E-state index in [4.69, 9.17) is 21.6 Å². The first-order chi connectivity index (χ1) is 4.27. The van der Waals surface area contributed by atoms with Gasteiger partial charge in [-0.1, -0.05) is 11.6 Å². The van der Waals surface area contributed by atoms with Crippen molar-refractivity contribution in [3.05, 3.63) is 0 Å². The molecular formula is C6H9Cl2NO. The second-order valence-corrected chi connectivity index (χ2v) is 2.86. The van der Waals surface area contributed by atoms with Crippen LogP contribution < -0.4 is 0 Å². The minimum Gasteiger partial charge on any atom is -0.359 e. The summed E-state index contributed by atoms with van der Waals surface area (Å²) in [6.07, 6.45) is 2.09. The van der Waals surface area contributed by atoms with Crippen molar-refractivity contribution in [2.45, 2.75) is 24.3 Å². The highest BCUT2D eigenvalue weighted by Gasteiger charge is 2.31. The Hall–Kier alpha value is 0.0300. The predicted molar refractivity (Wildman–Crippen MR) is 41.2 cm³/mol. The van der Waals surface area contributed by atoms with Crippen molar-refractivity contribution in [3.8, 4) is 6.07 Å². The number of alkyl halides is 1. The highest BCUT2D eigenvalue weighted by Crippen LogP contribution is 2.32. The summed E-state index contributed by atoms with van der Waals surface area (Å²) in [6, 6.07) is 1.99. The number of rotatable bonds is 1. The highest BCUT2D eigenvalue weighted by molar-refractivity contribution is 6.23. The summed E-state index contributed by atoms with van der Waals surface area (Å²) in [4.78, 5) is 0. The van der Waals surface area contributed by atoms with Crippen LogP contribution in [0.3, 0.4) is 0 Å². The van der Waals surface area contributed by atoms with E-state index < -0.39 is 5.06 Å². The molecule has 1 aliphatic rings. The zero-order chi connectivity index (χ0) is 6.74. The van der Waals surface area contributed by atoms with Crippen LogP contribution in [0.15, 0.2) is 0 Å². The molecule has 0 saturated carbocycles. The second kappa shape index (κ2) is 4.02. The third kappa shape index (κ3) is 2.34. The van der Waals surface area contributed by atoms with Crippen molar-refractivity contribution >= 4 is 24.0 Å². The van der Waals surface area contributed by atoms with Gasteiger partial charge in [0.2, 0.25) is 0 Å². The van der Waals surface area contributed by atoms with Gasteiger partial charge in [0.05, 0.1) is 12.5 Å². The molecule has 0 aromatic carbocycles. The van der Waals surface area contributed by atoms with Crippen LogP contribution in [0.1, 0.15) is 19.3 Å². The largest absolute Gasteiger partial charge is 0.359 e. The van der Waals surface area contributed by atoms with Crippen molar-refractivity contribution in [2.75, 3.05) is 6.61 Å². The average Bonchev–Trinajstić information content (AvgIpc) is 2.16. The maximum absolute atomic E-state index is 8.28. The number of nitriles is 1. The monoisotopic (exact) mass is 181 g/mol. The Bertz CT molecular complexity index is 137. The summed E-state index contributed by atoms with van der Waals surface area (Å²) in [6.45, 7) is 0.700. The van der Waals surface area contributed by atoms with E-state index in [2.05, 4.69) is 0 Å². The Labute approximate surface area is 71.5 Å². The van der Waals surface area contributed by atoms with E-state index in [-0.39, 0.29) is 12.4 Å². The van der Waals surface area contributed by atoms with Gasteiger partial charge >= 0.3 is 0 Å². The number of hydrogen-bond donors (Lipinski definition) is 0. The number of halogens is 2. The van der Waals surface area contributed by atoms with Gasteiger partial charge in [0.25, 0.3) is 0 Å². The average molecular weight is 182 g/mol. The Morgan fingerprint density at radius 2 is 2.40 bits per heavy atom. The van der Waals surface area contributed by atoms with Gasteiger partial charge < -0.3 is 4.74 Å². The number of nitrogens with zero attached hydrogens (tertiary/aromatic N) is 1. The van der Waals surface area contributed by atoms with Crippen molar-refractivity contribution in [2.24, 2.45) is 0 Å². The van der Waals surface area contributed by atoms with Crippen LogP contribution in [-0.2, 0) is 4.74 Å². The van der Waals surface area contributed by atoms with E-state index in [0.717, 1.165) is 12.8 Å². The lowest BCUT2D eigenvalue weighted by Crippen LogP contribution is -2.17. The van der Waals surface area contributed by atoms with Crippen molar-refractivity contribution < 1.29 is 4.74 Å². The third-order valence-electron chi connectivity index (χ3n) is 1.40. The van der Waals surface area contributed by atoms with Gasteiger partial charge in [-0.25, -0.2) is 0 Å². The molecule has 1 atom stereocenters. The molecular weight excluding hydrogens is 173 g/mol. The third-order valence-corrected chi connectivity index (χ3v) is 1.83. The van der Waals surface area contributed by atoms with Crippen LogP contribution in [0.25, 0.3) is 0 Å². The van der Waals surface area contributed by atoms with E-state index >= 15 is 0 Å². The van der Waals surface area contributed by atoms with Crippen molar-refractivity contribution in [1.82, 2.24) is 0 Å². The molecule has 1 unspecified atom stereocenters. The lowest BCUT2D eigenvalue weighted by Gasteiger charge is -2.14. The van der Waals surface area contributed by atoms with Crippen LogP contribution in [-0.4, -0.2) is 11.7 Å². The van der Waals surface area contributed by atoms with Crippen LogP contribution in [0, 0.1) is 11.3 Å². The van der Waals surface area contributed by atoms with E-state index in [1.807, 2.05) is 6.07 Å². The van der Waals surface area contributed by atoms with Crippen molar-refractivity contribution in [3.63, 3.8) is 0 Å². The smallest absolute Gasteiger partial charge is 0.154 e. The summed E-state index contributed by atoms with van der Waals surface area (Å²) < 4.78 is 5.12. The highest BCUT2D eigenvalue weighted by atomic mass is 35.5. The molecule has 0 bridgehead atoms. The first kappa shape index (κ1) is 10.0. The minimum atomic E-state index is -0.644. The summed E-state index contributed by atoms with van der Waals surface area (Å²) in [7, 11) is 0. The topological polar surface area (TPSA) is 33.0 Å². The summed E-state index contributed by atoms with van der Waals surface area (Å²) in [5.41, 5.74) is 0. The predicted octanol–water partition coefficient (Wildman–Crippen LogP) is 2.07. The molecule has 1 heterocycles. The Morgan fingerprint density at radius 1 is 1.70 bits per heavy atom. The molecule has 0 aliphatic carbocycles. The molecule has 1 saturated heterocycles. The summed E-state index contributed by atoms with van der Waals surface area (Å²) in [5, 5.41) is 7.63. The fraction of sp³-hybridized carbons (Fsp3) is 0.833. The van der Waals surface area contributed by atoms with Gasteiger partial charge in [-0.3, -0.25) is 0 Å². The molecule has 0 aromatic rings. The molecule has 0 radical (unpaired) electrons. The Balaban J connectivity index is 0.000000810. The molecule has 58 valence electrons. The molecule has 0 aromatic heterocycles. The van der Waals surface area contributed by atoms with Crippen LogP contribution in [0.5, 0.6) is 0 Å². The fourth-order valence-corrected chi connectivity index (χ4v) is 1.19. The standard InChI is InChI=1S/C6H8ClNO.ClH/c7-6(3-4-8)2-1-5-9-6;/h1-3,5H2;1H. The lowest BCUT2D eigenvalue weighted by atomic mass is 10.2. The van der Waals surface area contributed by atoms with Crippen LogP contribution in [0.4, 0.5) is 0 Å². The molecule has 0 spiro atoms. The fourth-order valence-electron chi connectivity index (χ4n) is 0.921. The molecule has 0 N–H and O–H groups in total. The Kier molecular flexibility index (Phi) is 4.04. The maximum Gasteiger partial charge on any atom is 0.154 e. The normalized spacial score (nSPS) is 30.8. The summed E-state index contributed by atoms with van der Waals surface area (Å²) >= 11 is 5.83. The SMILES string of the molecule is Cl.N#CCC1(Cl)CCCO1. The zero-order valence-electron chi connectivity index (χ0n) is 5.47. The molecule has 10 heavy (non-hydrogen) atoms. The molecule has 1 fully saturated rings. The zero-order valence-corrected chi connectivity index (χ0v) is 7.04. The van der Waals surface area contributed by atoms with E-state index in [1.165, 1.54) is 0 Å². The first-order valence-corrected chi connectivity index (χ1v) is 3.34. The molecule has 2 nitrogen and oxygen atoms in total. The van der Waals surface area contributed by atoms with Gasteiger partial charge in [0.1, 0.15) is 0 Å². The second-order valence-electron chi connectivity index (χ2n) is 2.17.